The predicted octanol–water partition coefficient (Wildman–Crippen LogP) is 1.31. The number of aryl methyl sites for hydroxylation is 1. The van der Waals surface area contributed by atoms with Crippen molar-refractivity contribution in [3.05, 3.63) is 11.8 Å². The van der Waals surface area contributed by atoms with E-state index in [1.165, 1.54) is 0 Å². The molecule has 20 heavy (non-hydrogen) atoms. The van der Waals surface area contributed by atoms with E-state index in [0.29, 0.717) is 11.5 Å². The number of alkyl halides is 3. The zero-order valence-corrected chi connectivity index (χ0v) is 11.3. The number of piperazine rings is 1. The lowest BCUT2D eigenvalue weighted by atomic mass is 10.2. The van der Waals surface area contributed by atoms with Crippen molar-refractivity contribution in [2.24, 2.45) is 0 Å². The zero-order chi connectivity index (χ0) is 14.8. The van der Waals surface area contributed by atoms with Gasteiger partial charge < -0.3 is 15.5 Å². The third-order valence-corrected chi connectivity index (χ3v) is 3.27. The topological polar surface area (TPSA) is 58.3 Å². The highest BCUT2D eigenvalue weighted by molar-refractivity contribution is 5.44. The van der Waals surface area contributed by atoms with Crippen LogP contribution in [0.5, 0.6) is 0 Å². The molecular weight excluding hydrogens is 271 g/mol. The van der Waals surface area contributed by atoms with Crippen molar-refractivity contribution in [1.29, 1.82) is 0 Å². The van der Waals surface area contributed by atoms with Gasteiger partial charge in [-0.25, -0.2) is 4.98 Å². The molecular formula is C12H18F3N5. The van der Waals surface area contributed by atoms with Crippen LogP contribution in [0.1, 0.15) is 12.1 Å². The lowest BCUT2D eigenvalue weighted by Gasteiger charge is -2.33. The first-order valence-electron chi connectivity index (χ1n) is 6.47. The Morgan fingerprint density at radius 2 is 1.85 bits per heavy atom. The van der Waals surface area contributed by atoms with Gasteiger partial charge in [0.15, 0.2) is 0 Å². The minimum absolute atomic E-state index is 0.0265. The van der Waals surface area contributed by atoms with Crippen molar-refractivity contribution in [3.8, 4) is 0 Å². The van der Waals surface area contributed by atoms with Crippen molar-refractivity contribution in [3.63, 3.8) is 0 Å². The Hall–Kier alpha value is -1.57. The fourth-order valence-electron chi connectivity index (χ4n) is 2.10. The van der Waals surface area contributed by atoms with E-state index < -0.39 is 12.6 Å². The first-order valence-corrected chi connectivity index (χ1v) is 6.47. The van der Waals surface area contributed by atoms with E-state index in [1.54, 1.807) is 6.07 Å². The summed E-state index contributed by atoms with van der Waals surface area (Å²) in [5.74, 6) is 0.640. The quantitative estimate of drug-likeness (QED) is 0.909. The van der Waals surface area contributed by atoms with E-state index in [2.05, 4.69) is 14.9 Å². The number of anilines is 2. The highest BCUT2D eigenvalue weighted by atomic mass is 19.4. The van der Waals surface area contributed by atoms with Crippen LogP contribution >= 0.6 is 0 Å². The van der Waals surface area contributed by atoms with Gasteiger partial charge in [-0.2, -0.15) is 18.2 Å². The number of likely N-dealkylation sites (N-methyl/N-ethyl adjacent to an activating group) is 1. The SMILES string of the molecule is CN1CCN(c2cc(CCC(F)(F)F)nc(N)n2)CC1. The first kappa shape index (κ1) is 14.8. The van der Waals surface area contributed by atoms with Crippen LogP contribution in [0.4, 0.5) is 24.9 Å². The second kappa shape index (κ2) is 5.82. The molecule has 2 N–H and O–H groups in total. The van der Waals surface area contributed by atoms with Crippen molar-refractivity contribution >= 4 is 11.8 Å². The number of nitrogens with two attached hydrogens (primary N) is 1. The molecule has 1 aromatic heterocycles. The molecule has 2 heterocycles. The molecule has 0 amide bonds. The summed E-state index contributed by atoms with van der Waals surface area (Å²) in [5.41, 5.74) is 5.93. The van der Waals surface area contributed by atoms with Crippen molar-refractivity contribution in [1.82, 2.24) is 14.9 Å². The normalized spacial score (nSPS) is 17.5. The largest absolute Gasteiger partial charge is 0.389 e. The van der Waals surface area contributed by atoms with Gasteiger partial charge in [-0.3, -0.25) is 0 Å². The average molecular weight is 289 g/mol. The molecule has 1 aromatic rings. The Labute approximate surface area is 115 Å². The predicted molar refractivity (Wildman–Crippen MR) is 70.5 cm³/mol. The minimum atomic E-state index is -4.19. The van der Waals surface area contributed by atoms with E-state index >= 15 is 0 Å². The summed E-state index contributed by atoms with van der Waals surface area (Å²) in [6.45, 7) is 3.35. The number of nitrogen functional groups attached to an aromatic ring is 1. The maximum Gasteiger partial charge on any atom is 0.389 e. The van der Waals surface area contributed by atoms with Crippen LogP contribution < -0.4 is 10.6 Å². The second-order valence-electron chi connectivity index (χ2n) is 4.98. The smallest absolute Gasteiger partial charge is 0.368 e. The lowest BCUT2D eigenvalue weighted by Crippen LogP contribution is -2.44. The number of nitrogens with zero attached hydrogens (tertiary/aromatic N) is 4. The minimum Gasteiger partial charge on any atom is -0.368 e. The van der Waals surface area contributed by atoms with Crippen LogP contribution in [-0.2, 0) is 6.42 Å². The summed E-state index contributed by atoms with van der Waals surface area (Å²) in [4.78, 5) is 12.2. The van der Waals surface area contributed by atoms with E-state index in [-0.39, 0.29) is 12.4 Å². The molecule has 112 valence electrons. The molecule has 1 fully saturated rings. The number of rotatable bonds is 3. The number of aromatic nitrogens is 2. The van der Waals surface area contributed by atoms with Crippen molar-refractivity contribution < 1.29 is 13.2 Å². The molecule has 0 aliphatic carbocycles. The molecule has 2 rings (SSSR count). The summed E-state index contributed by atoms with van der Waals surface area (Å²) in [6, 6.07) is 1.60. The molecule has 5 nitrogen and oxygen atoms in total. The van der Waals surface area contributed by atoms with Gasteiger partial charge in [-0.15, -0.1) is 0 Å². The Balaban J connectivity index is 2.08. The van der Waals surface area contributed by atoms with Crippen LogP contribution in [-0.4, -0.2) is 54.3 Å². The summed E-state index contributed by atoms with van der Waals surface area (Å²) in [5, 5.41) is 0. The Kier molecular flexibility index (Phi) is 4.32. The third kappa shape index (κ3) is 4.22. The summed E-state index contributed by atoms with van der Waals surface area (Å²) in [6.07, 6.45) is -5.25. The summed E-state index contributed by atoms with van der Waals surface area (Å²) >= 11 is 0. The highest BCUT2D eigenvalue weighted by Gasteiger charge is 2.27. The molecule has 0 bridgehead atoms. The fraction of sp³-hybridized carbons (Fsp3) is 0.667. The van der Waals surface area contributed by atoms with Crippen molar-refractivity contribution in [2.45, 2.75) is 19.0 Å². The number of halogens is 3. The highest BCUT2D eigenvalue weighted by Crippen LogP contribution is 2.23. The van der Waals surface area contributed by atoms with Gasteiger partial charge in [0.05, 0.1) is 0 Å². The van der Waals surface area contributed by atoms with Crippen molar-refractivity contribution in [2.75, 3.05) is 43.9 Å². The molecule has 0 spiro atoms. The van der Waals surface area contributed by atoms with E-state index in [4.69, 9.17) is 5.73 Å². The van der Waals surface area contributed by atoms with Crippen LogP contribution in [0.3, 0.4) is 0 Å². The number of hydrogen-bond acceptors (Lipinski definition) is 5. The maximum absolute atomic E-state index is 12.2. The molecule has 0 unspecified atom stereocenters. The molecule has 1 aliphatic rings. The molecule has 0 atom stereocenters. The standard InChI is InChI=1S/C12H18F3N5/c1-19-4-6-20(7-5-19)10-8-9(17-11(16)18-10)2-3-12(13,14)15/h8H,2-7H2,1H3,(H2,16,17,18). The molecule has 8 heteroatoms. The molecule has 0 aromatic carbocycles. The molecule has 1 aliphatic heterocycles. The third-order valence-electron chi connectivity index (χ3n) is 3.27. The van der Waals surface area contributed by atoms with Gasteiger partial charge >= 0.3 is 6.18 Å². The van der Waals surface area contributed by atoms with Gasteiger partial charge in [-0.1, -0.05) is 0 Å². The van der Waals surface area contributed by atoms with Gasteiger partial charge in [0.2, 0.25) is 5.95 Å². The Bertz CT molecular complexity index is 455. The monoisotopic (exact) mass is 289 g/mol. The van der Waals surface area contributed by atoms with E-state index in [9.17, 15) is 13.2 Å². The van der Waals surface area contributed by atoms with Gasteiger partial charge in [0.25, 0.3) is 0 Å². The molecule has 0 radical (unpaired) electrons. The van der Waals surface area contributed by atoms with Crippen LogP contribution in [0, 0.1) is 0 Å². The Morgan fingerprint density at radius 3 is 2.45 bits per heavy atom. The molecule has 0 saturated carbocycles. The first-order chi connectivity index (χ1) is 9.33. The van der Waals surface area contributed by atoms with E-state index in [0.717, 1.165) is 26.2 Å². The lowest BCUT2D eigenvalue weighted by molar-refractivity contribution is -0.134. The van der Waals surface area contributed by atoms with Gasteiger partial charge in [-0.05, 0) is 13.5 Å². The summed E-state index contributed by atoms with van der Waals surface area (Å²) in [7, 11) is 2.03. The number of hydrogen-bond donors (Lipinski definition) is 1. The van der Waals surface area contributed by atoms with Crippen LogP contribution in [0.2, 0.25) is 0 Å². The van der Waals surface area contributed by atoms with Crippen LogP contribution in [0.25, 0.3) is 0 Å². The molecule has 1 saturated heterocycles. The van der Waals surface area contributed by atoms with Gasteiger partial charge in [0, 0.05) is 44.4 Å². The maximum atomic E-state index is 12.2. The Morgan fingerprint density at radius 1 is 1.20 bits per heavy atom. The zero-order valence-electron chi connectivity index (χ0n) is 11.3. The summed E-state index contributed by atoms with van der Waals surface area (Å²) < 4.78 is 36.7. The van der Waals surface area contributed by atoms with Crippen LogP contribution in [0.15, 0.2) is 6.07 Å². The van der Waals surface area contributed by atoms with E-state index in [1.807, 2.05) is 11.9 Å². The van der Waals surface area contributed by atoms with Gasteiger partial charge in [0.1, 0.15) is 5.82 Å². The second-order valence-corrected chi connectivity index (χ2v) is 4.98. The average Bonchev–Trinajstić information content (AvgIpc) is 2.36. The fourth-order valence-corrected chi connectivity index (χ4v) is 2.10.